The van der Waals surface area contributed by atoms with Crippen LogP contribution in [0.5, 0.6) is 0 Å². The number of carboxylic acids is 1. The number of rotatable bonds is 7. The van der Waals surface area contributed by atoms with Gasteiger partial charge in [0.2, 0.25) is 0 Å². The Morgan fingerprint density at radius 1 is 1.44 bits per heavy atom. The smallest absolute Gasteiger partial charge is 0.322 e. The van der Waals surface area contributed by atoms with Gasteiger partial charge in [0.15, 0.2) is 0 Å². The predicted molar refractivity (Wildman–Crippen MR) is 68.1 cm³/mol. The molecule has 0 radical (unpaired) electrons. The highest BCUT2D eigenvalue weighted by molar-refractivity contribution is 5.73. The maximum Gasteiger partial charge on any atom is 0.322 e. The van der Waals surface area contributed by atoms with Crippen molar-refractivity contribution < 1.29 is 14.3 Å². The fourth-order valence-electron chi connectivity index (χ4n) is 1.67. The van der Waals surface area contributed by atoms with Gasteiger partial charge in [0.05, 0.1) is 0 Å². The van der Waals surface area contributed by atoms with E-state index in [0.29, 0.717) is 6.54 Å². The molecule has 18 heavy (non-hydrogen) atoms. The van der Waals surface area contributed by atoms with Crippen molar-refractivity contribution in [3.05, 3.63) is 35.6 Å². The molecule has 0 aliphatic rings. The highest BCUT2D eigenvalue weighted by atomic mass is 19.1. The van der Waals surface area contributed by atoms with Gasteiger partial charge in [-0.3, -0.25) is 4.79 Å². The summed E-state index contributed by atoms with van der Waals surface area (Å²) >= 11 is 0. The summed E-state index contributed by atoms with van der Waals surface area (Å²) in [6.45, 7) is 1.17. The first-order chi connectivity index (χ1) is 8.52. The first kappa shape index (κ1) is 14.6. The fraction of sp³-hybridized carbons (Fsp3) is 0.462. The molecule has 0 bridgehead atoms. The van der Waals surface area contributed by atoms with Crippen LogP contribution in [0.3, 0.4) is 0 Å². The van der Waals surface area contributed by atoms with Crippen LogP contribution in [0.25, 0.3) is 0 Å². The molecule has 2 N–H and O–H groups in total. The Morgan fingerprint density at radius 3 is 2.56 bits per heavy atom. The van der Waals surface area contributed by atoms with Crippen molar-refractivity contribution in [3.63, 3.8) is 0 Å². The van der Waals surface area contributed by atoms with Crippen LogP contribution in [-0.2, 0) is 11.2 Å². The molecule has 1 atom stereocenters. The Kier molecular flexibility index (Phi) is 5.74. The Balaban J connectivity index is 2.38. The second-order valence-electron chi connectivity index (χ2n) is 4.32. The van der Waals surface area contributed by atoms with Crippen molar-refractivity contribution in [2.75, 3.05) is 27.2 Å². The molecule has 1 aromatic rings. The number of nitrogens with zero attached hydrogens (tertiary/aromatic N) is 1. The standard InChI is InChI=1S/C13H19FN2O2/c1-15-12(13(17)18)9-16(2)8-7-10-3-5-11(14)6-4-10/h3-6,12,15H,7-9H2,1-2H3,(H,17,18). The minimum absolute atomic E-state index is 0.242. The van der Waals surface area contributed by atoms with Gasteiger partial charge in [-0.05, 0) is 38.2 Å². The van der Waals surface area contributed by atoms with Crippen LogP contribution in [0, 0.1) is 5.82 Å². The maximum atomic E-state index is 12.7. The van der Waals surface area contributed by atoms with Crippen molar-refractivity contribution in [2.45, 2.75) is 12.5 Å². The van der Waals surface area contributed by atoms with Crippen molar-refractivity contribution in [3.8, 4) is 0 Å². The van der Waals surface area contributed by atoms with E-state index in [-0.39, 0.29) is 5.82 Å². The molecule has 0 spiro atoms. The number of nitrogens with one attached hydrogen (secondary N) is 1. The first-order valence-corrected chi connectivity index (χ1v) is 5.86. The van der Waals surface area contributed by atoms with E-state index in [2.05, 4.69) is 5.32 Å². The number of carboxylic acid groups (broad SMARTS) is 1. The maximum absolute atomic E-state index is 12.7. The summed E-state index contributed by atoms with van der Waals surface area (Å²) in [5.41, 5.74) is 1.04. The minimum Gasteiger partial charge on any atom is -0.480 e. The fourth-order valence-corrected chi connectivity index (χ4v) is 1.67. The molecule has 4 nitrogen and oxygen atoms in total. The number of aliphatic carboxylic acids is 1. The van der Waals surface area contributed by atoms with Crippen LogP contribution in [0.2, 0.25) is 0 Å². The third kappa shape index (κ3) is 4.81. The van der Waals surface area contributed by atoms with Gasteiger partial charge < -0.3 is 15.3 Å². The van der Waals surface area contributed by atoms with Crippen LogP contribution in [0.1, 0.15) is 5.56 Å². The van der Waals surface area contributed by atoms with Gasteiger partial charge in [0.25, 0.3) is 0 Å². The highest BCUT2D eigenvalue weighted by Gasteiger charge is 2.16. The van der Waals surface area contributed by atoms with Gasteiger partial charge >= 0.3 is 5.97 Å². The molecular formula is C13H19FN2O2. The number of carbonyl (C=O) groups is 1. The molecule has 0 saturated heterocycles. The summed E-state index contributed by atoms with van der Waals surface area (Å²) < 4.78 is 12.7. The largest absolute Gasteiger partial charge is 0.480 e. The predicted octanol–water partition coefficient (Wildman–Crippen LogP) is 0.973. The first-order valence-electron chi connectivity index (χ1n) is 5.86. The Morgan fingerprint density at radius 2 is 2.06 bits per heavy atom. The lowest BCUT2D eigenvalue weighted by atomic mass is 10.1. The third-order valence-corrected chi connectivity index (χ3v) is 2.84. The molecule has 1 aromatic carbocycles. The molecule has 0 amide bonds. The summed E-state index contributed by atoms with van der Waals surface area (Å²) in [5, 5.41) is 11.7. The molecule has 0 fully saturated rings. The van der Waals surface area contributed by atoms with Gasteiger partial charge in [-0.2, -0.15) is 0 Å². The molecule has 0 aromatic heterocycles. The lowest BCUT2D eigenvalue weighted by Crippen LogP contribution is -2.43. The van der Waals surface area contributed by atoms with E-state index in [0.717, 1.165) is 18.5 Å². The normalized spacial score (nSPS) is 12.7. The number of hydrogen-bond donors (Lipinski definition) is 2. The van der Waals surface area contributed by atoms with Crippen molar-refractivity contribution in [1.29, 1.82) is 0 Å². The zero-order chi connectivity index (χ0) is 13.5. The average molecular weight is 254 g/mol. The summed E-state index contributed by atoms with van der Waals surface area (Å²) in [4.78, 5) is 12.8. The van der Waals surface area contributed by atoms with E-state index >= 15 is 0 Å². The van der Waals surface area contributed by atoms with Crippen LogP contribution in [0.4, 0.5) is 4.39 Å². The van der Waals surface area contributed by atoms with Crippen LogP contribution in [-0.4, -0.2) is 49.2 Å². The van der Waals surface area contributed by atoms with E-state index < -0.39 is 12.0 Å². The zero-order valence-electron chi connectivity index (χ0n) is 10.7. The number of halogens is 1. The molecular weight excluding hydrogens is 235 g/mol. The number of benzene rings is 1. The lowest BCUT2D eigenvalue weighted by Gasteiger charge is -2.20. The summed E-state index contributed by atoms with van der Waals surface area (Å²) in [6.07, 6.45) is 0.771. The van der Waals surface area contributed by atoms with Gasteiger partial charge in [-0.25, -0.2) is 4.39 Å². The van der Waals surface area contributed by atoms with Crippen molar-refractivity contribution in [1.82, 2.24) is 10.2 Å². The average Bonchev–Trinajstić information content (AvgIpc) is 2.35. The Bertz CT molecular complexity index is 381. The van der Waals surface area contributed by atoms with Gasteiger partial charge in [0.1, 0.15) is 11.9 Å². The third-order valence-electron chi connectivity index (χ3n) is 2.84. The number of hydrogen-bond acceptors (Lipinski definition) is 3. The molecule has 0 aliphatic heterocycles. The molecule has 0 heterocycles. The molecule has 0 saturated carbocycles. The van der Waals surface area contributed by atoms with Gasteiger partial charge in [-0.1, -0.05) is 12.1 Å². The lowest BCUT2D eigenvalue weighted by molar-refractivity contribution is -0.139. The van der Waals surface area contributed by atoms with E-state index in [1.54, 1.807) is 19.2 Å². The van der Waals surface area contributed by atoms with Crippen molar-refractivity contribution in [2.24, 2.45) is 0 Å². The molecule has 1 unspecified atom stereocenters. The van der Waals surface area contributed by atoms with E-state index in [4.69, 9.17) is 5.11 Å². The van der Waals surface area contributed by atoms with Crippen molar-refractivity contribution >= 4 is 5.97 Å². The monoisotopic (exact) mass is 254 g/mol. The minimum atomic E-state index is -0.855. The molecule has 0 aliphatic carbocycles. The molecule has 5 heteroatoms. The highest BCUT2D eigenvalue weighted by Crippen LogP contribution is 2.04. The van der Waals surface area contributed by atoms with Crippen LogP contribution < -0.4 is 5.32 Å². The summed E-state index contributed by atoms with van der Waals surface area (Å²) in [7, 11) is 3.50. The van der Waals surface area contributed by atoms with E-state index in [1.165, 1.54) is 12.1 Å². The number of likely N-dealkylation sites (N-methyl/N-ethyl adjacent to an activating group) is 2. The SMILES string of the molecule is CNC(CN(C)CCc1ccc(F)cc1)C(=O)O. The molecule has 1 rings (SSSR count). The van der Waals surface area contributed by atoms with Gasteiger partial charge in [0, 0.05) is 13.1 Å². The second kappa shape index (κ2) is 7.08. The van der Waals surface area contributed by atoms with Crippen LogP contribution in [0.15, 0.2) is 24.3 Å². The Labute approximate surface area is 106 Å². The van der Waals surface area contributed by atoms with E-state index in [1.807, 2.05) is 11.9 Å². The van der Waals surface area contributed by atoms with Crippen LogP contribution >= 0.6 is 0 Å². The summed E-state index contributed by atoms with van der Waals surface area (Å²) in [5.74, 6) is -1.10. The molecule has 100 valence electrons. The summed E-state index contributed by atoms with van der Waals surface area (Å²) in [6, 6.07) is 5.79. The Hall–Kier alpha value is -1.46. The quantitative estimate of drug-likeness (QED) is 0.761. The van der Waals surface area contributed by atoms with Gasteiger partial charge in [-0.15, -0.1) is 0 Å². The van der Waals surface area contributed by atoms with E-state index in [9.17, 15) is 9.18 Å². The second-order valence-corrected chi connectivity index (χ2v) is 4.32. The topological polar surface area (TPSA) is 52.6 Å². The zero-order valence-corrected chi connectivity index (χ0v) is 10.7.